The first-order valence-electron chi connectivity index (χ1n) is 3.69. The molecule has 0 amide bonds. The minimum atomic E-state index is 0.0479. The van der Waals surface area contributed by atoms with E-state index in [1.807, 2.05) is 13.0 Å². The van der Waals surface area contributed by atoms with Crippen molar-refractivity contribution in [3.63, 3.8) is 0 Å². The van der Waals surface area contributed by atoms with Gasteiger partial charge in [-0.2, -0.15) is 0 Å². The quantitative estimate of drug-likeness (QED) is 0.403. The van der Waals surface area contributed by atoms with Gasteiger partial charge in [0.1, 0.15) is 0 Å². The number of hydrogen-bond acceptors (Lipinski definition) is 2. The van der Waals surface area contributed by atoms with E-state index >= 15 is 0 Å². The number of rotatable bonds is 1. The van der Waals surface area contributed by atoms with Crippen LogP contribution in [0.25, 0.3) is 0 Å². The molecule has 0 aliphatic heterocycles. The van der Waals surface area contributed by atoms with Gasteiger partial charge < -0.3 is 5.73 Å². The summed E-state index contributed by atoms with van der Waals surface area (Å²) in [5.41, 5.74) is 8.03. The van der Waals surface area contributed by atoms with Gasteiger partial charge in [0.05, 0.1) is 0 Å². The second-order valence-electron chi connectivity index (χ2n) is 2.85. The maximum Gasteiger partial charge on any atom is 0.160 e. The SMILES string of the molecule is CC(=O)c1cc(N)c(C)cc1P. The van der Waals surface area contributed by atoms with Crippen LogP contribution < -0.4 is 11.0 Å². The molecule has 1 atom stereocenters. The molecule has 1 aromatic carbocycles. The molecule has 64 valence electrons. The number of nitrogens with two attached hydrogens (primary N) is 1. The highest BCUT2D eigenvalue weighted by Crippen LogP contribution is 2.13. The van der Waals surface area contributed by atoms with E-state index in [1.54, 1.807) is 6.07 Å². The third-order valence-electron chi connectivity index (χ3n) is 1.82. The maximum absolute atomic E-state index is 11.1. The third-order valence-corrected chi connectivity index (χ3v) is 2.30. The average Bonchev–Trinajstić information content (AvgIpc) is 1.96. The lowest BCUT2D eigenvalue weighted by Crippen LogP contribution is -2.09. The molecular formula is C9H12NOP. The predicted molar refractivity (Wildman–Crippen MR) is 54.9 cm³/mol. The van der Waals surface area contributed by atoms with E-state index in [1.165, 1.54) is 6.92 Å². The van der Waals surface area contributed by atoms with Gasteiger partial charge in [-0.05, 0) is 36.8 Å². The van der Waals surface area contributed by atoms with E-state index in [4.69, 9.17) is 5.73 Å². The molecular weight excluding hydrogens is 169 g/mol. The van der Waals surface area contributed by atoms with Gasteiger partial charge in [0.25, 0.3) is 0 Å². The maximum atomic E-state index is 11.1. The first-order chi connectivity index (χ1) is 5.52. The number of anilines is 1. The lowest BCUT2D eigenvalue weighted by atomic mass is 10.1. The highest BCUT2D eigenvalue weighted by Gasteiger charge is 2.05. The fourth-order valence-electron chi connectivity index (χ4n) is 1.05. The van der Waals surface area contributed by atoms with Gasteiger partial charge in [-0.1, -0.05) is 0 Å². The summed E-state index contributed by atoms with van der Waals surface area (Å²) in [7, 11) is 2.54. The van der Waals surface area contributed by atoms with Crippen LogP contribution in [0.2, 0.25) is 0 Å². The summed E-state index contributed by atoms with van der Waals surface area (Å²) in [6, 6.07) is 3.62. The summed E-state index contributed by atoms with van der Waals surface area (Å²) in [4.78, 5) is 11.1. The number of carbonyl (C=O) groups excluding carboxylic acids is 1. The van der Waals surface area contributed by atoms with Crippen LogP contribution in [0.1, 0.15) is 22.8 Å². The highest BCUT2D eigenvalue weighted by atomic mass is 31.0. The van der Waals surface area contributed by atoms with Crippen LogP contribution in [-0.4, -0.2) is 5.78 Å². The molecule has 0 spiro atoms. The summed E-state index contributed by atoms with van der Waals surface area (Å²) in [6.07, 6.45) is 0. The highest BCUT2D eigenvalue weighted by molar-refractivity contribution is 7.27. The van der Waals surface area contributed by atoms with E-state index < -0.39 is 0 Å². The van der Waals surface area contributed by atoms with Crippen LogP contribution in [-0.2, 0) is 0 Å². The van der Waals surface area contributed by atoms with Gasteiger partial charge in [0.15, 0.2) is 5.78 Å². The molecule has 3 heteroatoms. The van der Waals surface area contributed by atoms with Gasteiger partial charge in [-0.25, -0.2) is 0 Å². The number of Topliss-reactive ketones (excluding diaryl/α,β-unsaturated/α-hetero) is 1. The largest absolute Gasteiger partial charge is 0.398 e. The number of benzene rings is 1. The first-order valence-corrected chi connectivity index (χ1v) is 4.26. The van der Waals surface area contributed by atoms with Crippen LogP contribution in [0.4, 0.5) is 5.69 Å². The van der Waals surface area contributed by atoms with Gasteiger partial charge in [-0.3, -0.25) is 4.79 Å². The van der Waals surface area contributed by atoms with E-state index in [-0.39, 0.29) is 5.78 Å². The zero-order valence-electron chi connectivity index (χ0n) is 7.22. The van der Waals surface area contributed by atoms with Crippen molar-refractivity contribution in [3.05, 3.63) is 23.3 Å². The fourth-order valence-corrected chi connectivity index (χ4v) is 1.59. The van der Waals surface area contributed by atoms with Crippen molar-refractivity contribution in [2.75, 3.05) is 5.73 Å². The van der Waals surface area contributed by atoms with Crippen LogP contribution in [0.5, 0.6) is 0 Å². The van der Waals surface area contributed by atoms with Crippen molar-refractivity contribution in [1.29, 1.82) is 0 Å². The van der Waals surface area contributed by atoms with Gasteiger partial charge >= 0.3 is 0 Å². The predicted octanol–water partition coefficient (Wildman–Crippen LogP) is 1.28. The summed E-state index contributed by atoms with van der Waals surface area (Å²) in [6.45, 7) is 3.46. The number of carbonyl (C=O) groups is 1. The normalized spacial score (nSPS) is 9.92. The molecule has 0 aliphatic carbocycles. The smallest absolute Gasteiger partial charge is 0.160 e. The molecule has 0 saturated carbocycles. The molecule has 2 nitrogen and oxygen atoms in total. The first kappa shape index (κ1) is 9.21. The lowest BCUT2D eigenvalue weighted by Gasteiger charge is -2.05. The zero-order chi connectivity index (χ0) is 9.30. The Bertz CT molecular complexity index is 334. The molecule has 0 fully saturated rings. The molecule has 1 aromatic rings. The number of ketones is 1. The Morgan fingerprint density at radius 3 is 2.58 bits per heavy atom. The summed E-state index contributed by atoms with van der Waals surface area (Å²) in [5, 5.41) is 0.911. The Labute approximate surface area is 74.4 Å². The fraction of sp³-hybridized carbons (Fsp3) is 0.222. The molecule has 0 heterocycles. The Kier molecular flexibility index (Phi) is 2.49. The molecule has 0 radical (unpaired) electrons. The number of nitrogen functional groups attached to an aromatic ring is 1. The van der Waals surface area contributed by atoms with Crippen molar-refractivity contribution in [2.45, 2.75) is 13.8 Å². The van der Waals surface area contributed by atoms with Gasteiger partial charge in [0, 0.05) is 11.3 Å². The molecule has 2 N–H and O–H groups in total. The second kappa shape index (κ2) is 3.24. The average molecular weight is 181 g/mol. The Morgan fingerprint density at radius 2 is 2.08 bits per heavy atom. The van der Waals surface area contributed by atoms with Crippen molar-refractivity contribution in [1.82, 2.24) is 0 Å². The number of aryl methyl sites for hydroxylation is 1. The Morgan fingerprint density at radius 1 is 1.50 bits per heavy atom. The molecule has 0 bridgehead atoms. The molecule has 12 heavy (non-hydrogen) atoms. The minimum Gasteiger partial charge on any atom is -0.398 e. The van der Waals surface area contributed by atoms with E-state index in [9.17, 15) is 4.79 Å². The van der Waals surface area contributed by atoms with Crippen molar-refractivity contribution < 1.29 is 4.79 Å². The van der Waals surface area contributed by atoms with E-state index in [0.717, 1.165) is 10.9 Å². The summed E-state index contributed by atoms with van der Waals surface area (Å²) in [5.74, 6) is 0.0479. The van der Waals surface area contributed by atoms with Crippen molar-refractivity contribution in [3.8, 4) is 0 Å². The molecule has 0 aromatic heterocycles. The summed E-state index contributed by atoms with van der Waals surface area (Å²) >= 11 is 0. The topological polar surface area (TPSA) is 43.1 Å². The number of hydrogen-bond donors (Lipinski definition) is 1. The Hall–Kier alpha value is -0.880. The molecule has 0 saturated heterocycles. The molecule has 0 aliphatic rings. The summed E-state index contributed by atoms with van der Waals surface area (Å²) < 4.78 is 0. The van der Waals surface area contributed by atoms with Crippen LogP contribution in [0, 0.1) is 6.92 Å². The van der Waals surface area contributed by atoms with Crippen LogP contribution in [0.15, 0.2) is 12.1 Å². The van der Waals surface area contributed by atoms with Crippen LogP contribution in [0.3, 0.4) is 0 Å². The van der Waals surface area contributed by atoms with Crippen LogP contribution >= 0.6 is 9.24 Å². The standard InChI is InChI=1S/C9H12NOP/c1-5-3-9(12)7(6(2)11)4-8(5)10/h3-4H,10,12H2,1-2H3. The zero-order valence-corrected chi connectivity index (χ0v) is 8.37. The Balaban J connectivity index is 3.33. The minimum absolute atomic E-state index is 0.0479. The van der Waals surface area contributed by atoms with Gasteiger partial charge in [0.2, 0.25) is 0 Å². The second-order valence-corrected chi connectivity index (χ2v) is 3.47. The van der Waals surface area contributed by atoms with Crippen molar-refractivity contribution in [2.24, 2.45) is 0 Å². The molecule has 1 unspecified atom stereocenters. The van der Waals surface area contributed by atoms with Crippen molar-refractivity contribution >= 4 is 26.0 Å². The van der Waals surface area contributed by atoms with Gasteiger partial charge in [-0.15, -0.1) is 9.24 Å². The third kappa shape index (κ3) is 1.64. The lowest BCUT2D eigenvalue weighted by molar-refractivity contribution is 0.101. The molecule has 1 rings (SSSR count). The van der Waals surface area contributed by atoms with E-state index in [2.05, 4.69) is 9.24 Å². The monoisotopic (exact) mass is 181 g/mol. The van der Waals surface area contributed by atoms with E-state index in [0.29, 0.717) is 11.3 Å².